The second kappa shape index (κ2) is 8.81. The predicted octanol–water partition coefficient (Wildman–Crippen LogP) is 6.72. The van der Waals surface area contributed by atoms with Gasteiger partial charge in [0.05, 0.1) is 5.56 Å². The Kier molecular flexibility index (Phi) is 5.68. The standard InChI is InChI=1S/C30H26O4/c1-18-4-8-21(9-5-18)29(31)33-23-12-14-25-26-15-13-24(17-28(26)20(3)27(25)16-23)34-30(32)22-10-6-19(2)7-11-22/h4-17,20,29,31H,1-3H3. The minimum absolute atomic E-state index is 0.100. The SMILES string of the molecule is Cc1ccc(C(=O)Oc2ccc3c(c2)C(C)c2cc(OC(O)c4ccc(C)cc4)ccc2-3)cc1. The van der Waals surface area contributed by atoms with Crippen molar-refractivity contribution >= 4 is 5.97 Å². The molecule has 170 valence electrons. The molecule has 0 saturated carbocycles. The number of ether oxygens (including phenoxy) is 2. The molecule has 34 heavy (non-hydrogen) atoms. The van der Waals surface area contributed by atoms with Crippen LogP contribution in [0.15, 0.2) is 84.9 Å². The van der Waals surface area contributed by atoms with E-state index in [2.05, 4.69) is 6.92 Å². The molecule has 2 unspecified atom stereocenters. The monoisotopic (exact) mass is 450 g/mol. The number of rotatable bonds is 5. The van der Waals surface area contributed by atoms with Gasteiger partial charge in [-0.3, -0.25) is 0 Å². The first-order valence-electron chi connectivity index (χ1n) is 11.4. The highest BCUT2D eigenvalue weighted by atomic mass is 16.6. The fraction of sp³-hybridized carbons (Fsp3) is 0.167. The van der Waals surface area contributed by atoms with E-state index in [4.69, 9.17) is 9.47 Å². The fourth-order valence-corrected chi connectivity index (χ4v) is 4.38. The number of aliphatic hydroxyl groups is 1. The molecule has 0 radical (unpaired) electrons. The maximum Gasteiger partial charge on any atom is 0.343 e. The van der Waals surface area contributed by atoms with Crippen molar-refractivity contribution in [3.05, 3.63) is 118 Å². The van der Waals surface area contributed by atoms with Gasteiger partial charge in [-0.05, 0) is 72.5 Å². The zero-order valence-electron chi connectivity index (χ0n) is 19.4. The Morgan fingerprint density at radius 2 is 1.29 bits per heavy atom. The Bertz CT molecular complexity index is 1350. The molecule has 0 fully saturated rings. The van der Waals surface area contributed by atoms with Crippen molar-refractivity contribution in [1.82, 2.24) is 0 Å². The van der Waals surface area contributed by atoms with Crippen molar-refractivity contribution in [2.75, 3.05) is 0 Å². The van der Waals surface area contributed by atoms with Gasteiger partial charge in [0.25, 0.3) is 0 Å². The van der Waals surface area contributed by atoms with Crippen LogP contribution in [0.1, 0.15) is 57.3 Å². The molecular formula is C30H26O4. The number of benzene rings is 4. The summed E-state index contributed by atoms with van der Waals surface area (Å²) in [5, 5.41) is 10.5. The molecule has 0 bridgehead atoms. The lowest BCUT2D eigenvalue weighted by Gasteiger charge is -2.15. The summed E-state index contributed by atoms with van der Waals surface area (Å²) in [6.07, 6.45) is -1.04. The Morgan fingerprint density at radius 3 is 1.91 bits per heavy atom. The quantitative estimate of drug-likeness (QED) is 0.208. The third-order valence-electron chi connectivity index (χ3n) is 6.38. The zero-order valence-corrected chi connectivity index (χ0v) is 19.4. The van der Waals surface area contributed by atoms with Crippen LogP contribution in [0.4, 0.5) is 0 Å². The normalized spacial score (nSPS) is 14.8. The van der Waals surface area contributed by atoms with Crippen LogP contribution in [0, 0.1) is 13.8 Å². The summed E-state index contributed by atoms with van der Waals surface area (Å²) >= 11 is 0. The molecular weight excluding hydrogens is 424 g/mol. The first kappa shape index (κ1) is 21.9. The maximum absolute atomic E-state index is 12.5. The number of hydrogen-bond donors (Lipinski definition) is 1. The van der Waals surface area contributed by atoms with E-state index >= 15 is 0 Å². The van der Waals surface area contributed by atoms with Gasteiger partial charge in [0.1, 0.15) is 11.5 Å². The highest BCUT2D eigenvalue weighted by Gasteiger charge is 2.27. The van der Waals surface area contributed by atoms with Crippen molar-refractivity contribution in [2.24, 2.45) is 0 Å². The first-order chi connectivity index (χ1) is 16.4. The molecule has 0 aliphatic heterocycles. The molecule has 2 atom stereocenters. The smallest absolute Gasteiger partial charge is 0.343 e. The van der Waals surface area contributed by atoms with Crippen LogP contribution in [0.5, 0.6) is 11.5 Å². The number of esters is 1. The Hall–Kier alpha value is -3.89. The third kappa shape index (κ3) is 4.20. The summed E-state index contributed by atoms with van der Waals surface area (Å²) in [6.45, 7) is 6.11. The van der Waals surface area contributed by atoms with Gasteiger partial charge in [-0.1, -0.05) is 66.6 Å². The van der Waals surface area contributed by atoms with Crippen molar-refractivity contribution < 1.29 is 19.4 Å². The lowest BCUT2D eigenvalue weighted by molar-refractivity contribution is -0.0194. The Labute approximate surface area is 199 Å². The van der Waals surface area contributed by atoms with Crippen molar-refractivity contribution in [2.45, 2.75) is 33.0 Å². The molecule has 0 aromatic heterocycles. The summed E-state index contributed by atoms with van der Waals surface area (Å²) in [5.74, 6) is 0.861. The van der Waals surface area contributed by atoms with Crippen LogP contribution in [0.2, 0.25) is 0 Å². The summed E-state index contributed by atoms with van der Waals surface area (Å²) in [7, 11) is 0. The van der Waals surface area contributed by atoms with E-state index in [-0.39, 0.29) is 11.9 Å². The number of aryl methyl sites for hydroxylation is 2. The van der Waals surface area contributed by atoms with Gasteiger partial charge in [-0.25, -0.2) is 4.79 Å². The van der Waals surface area contributed by atoms with Crippen LogP contribution >= 0.6 is 0 Å². The van der Waals surface area contributed by atoms with E-state index in [9.17, 15) is 9.90 Å². The highest BCUT2D eigenvalue weighted by Crippen LogP contribution is 2.47. The van der Waals surface area contributed by atoms with E-state index in [0.717, 1.165) is 33.4 Å². The van der Waals surface area contributed by atoms with Crippen LogP contribution in [-0.2, 0) is 0 Å². The number of hydrogen-bond acceptors (Lipinski definition) is 4. The number of carbonyl (C=O) groups is 1. The highest BCUT2D eigenvalue weighted by molar-refractivity contribution is 5.91. The van der Waals surface area contributed by atoms with Crippen molar-refractivity contribution in [1.29, 1.82) is 0 Å². The minimum Gasteiger partial charge on any atom is -0.461 e. The molecule has 4 heteroatoms. The van der Waals surface area contributed by atoms with Gasteiger partial charge in [-0.2, -0.15) is 0 Å². The number of aliphatic hydroxyl groups excluding tert-OH is 1. The fourth-order valence-electron chi connectivity index (χ4n) is 4.38. The van der Waals surface area contributed by atoms with Gasteiger partial charge in [0.2, 0.25) is 6.29 Å². The van der Waals surface area contributed by atoms with E-state index in [1.165, 1.54) is 0 Å². The van der Waals surface area contributed by atoms with Crippen LogP contribution in [0.3, 0.4) is 0 Å². The van der Waals surface area contributed by atoms with Gasteiger partial charge in [0.15, 0.2) is 0 Å². The minimum atomic E-state index is -1.04. The summed E-state index contributed by atoms with van der Waals surface area (Å²) in [4.78, 5) is 12.5. The van der Waals surface area contributed by atoms with E-state index < -0.39 is 6.29 Å². The van der Waals surface area contributed by atoms with Crippen LogP contribution < -0.4 is 9.47 Å². The second-order valence-electron chi connectivity index (χ2n) is 8.86. The summed E-state index contributed by atoms with van der Waals surface area (Å²) in [6, 6.07) is 26.6. The predicted molar refractivity (Wildman–Crippen MR) is 132 cm³/mol. The van der Waals surface area contributed by atoms with Gasteiger partial charge in [0, 0.05) is 11.5 Å². The summed E-state index contributed by atoms with van der Waals surface area (Å²) < 4.78 is 11.5. The van der Waals surface area contributed by atoms with Gasteiger partial charge < -0.3 is 14.6 Å². The van der Waals surface area contributed by atoms with Crippen LogP contribution in [0.25, 0.3) is 11.1 Å². The Balaban J connectivity index is 1.35. The third-order valence-corrected chi connectivity index (χ3v) is 6.38. The number of carbonyl (C=O) groups excluding carboxylic acids is 1. The molecule has 0 heterocycles. The van der Waals surface area contributed by atoms with Crippen LogP contribution in [-0.4, -0.2) is 11.1 Å². The molecule has 1 aliphatic carbocycles. The van der Waals surface area contributed by atoms with Gasteiger partial charge in [-0.15, -0.1) is 0 Å². The molecule has 5 rings (SSSR count). The molecule has 4 aromatic carbocycles. The van der Waals surface area contributed by atoms with E-state index in [1.54, 1.807) is 12.1 Å². The first-order valence-corrected chi connectivity index (χ1v) is 11.4. The molecule has 4 nitrogen and oxygen atoms in total. The lowest BCUT2D eigenvalue weighted by atomic mass is 9.99. The largest absolute Gasteiger partial charge is 0.461 e. The summed E-state index contributed by atoms with van der Waals surface area (Å²) in [5.41, 5.74) is 7.91. The number of fused-ring (bicyclic) bond motifs is 3. The Morgan fingerprint density at radius 1 is 0.765 bits per heavy atom. The zero-order chi connectivity index (χ0) is 23.8. The maximum atomic E-state index is 12.5. The lowest BCUT2D eigenvalue weighted by Crippen LogP contribution is -2.08. The molecule has 0 saturated heterocycles. The average molecular weight is 451 g/mol. The second-order valence-corrected chi connectivity index (χ2v) is 8.86. The molecule has 4 aromatic rings. The van der Waals surface area contributed by atoms with E-state index in [0.29, 0.717) is 22.6 Å². The van der Waals surface area contributed by atoms with Gasteiger partial charge >= 0.3 is 5.97 Å². The molecule has 0 amide bonds. The average Bonchev–Trinajstić information content (AvgIpc) is 3.11. The molecule has 0 spiro atoms. The van der Waals surface area contributed by atoms with E-state index in [1.807, 2.05) is 86.6 Å². The van der Waals surface area contributed by atoms with Crippen molar-refractivity contribution in [3.63, 3.8) is 0 Å². The van der Waals surface area contributed by atoms with Crippen molar-refractivity contribution in [3.8, 4) is 22.6 Å². The molecule has 1 N–H and O–H groups in total. The topological polar surface area (TPSA) is 55.8 Å². The molecule has 1 aliphatic rings.